The third-order valence-corrected chi connectivity index (χ3v) is 2.91. The summed E-state index contributed by atoms with van der Waals surface area (Å²) in [6, 6.07) is 5.62. The lowest BCUT2D eigenvalue weighted by atomic mass is 10.1. The monoisotopic (exact) mass is 236 g/mol. The Morgan fingerprint density at radius 2 is 1.94 bits per heavy atom. The maximum absolute atomic E-state index is 5.82. The number of rotatable bonds is 3. The molecule has 2 rings (SSSR count). The van der Waals surface area contributed by atoms with E-state index < -0.39 is 0 Å². The molecule has 0 amide bonds. The quantitative estimate of drug-likeness (QED) is 0.889. The number of hydrogen-bond donors (Lipinski definition) is 1. The molecule has 1 heterocycles. The summed E-state index contributed by atoms with van der Waals surface area (Å²) in [5, 5.41) is 0.701. The lowest BCUT2D eigenvalue weighted by Gasteiger charge is -2.08. The number of nitrogens with zero attached hydrogens (tertiary/aromatic N) is 1. The molecule has 2 aromatic rings. The van der Waals surface area contributed by atoms with Crippen LogP contribution in [0.25, 0.3) is 11.3 Å². The third kappa shape index (κ3) is 1.81. The molecule has 1 aromatic carbocycles. The largest absolute Gasteiger partial charge is 0.493 e. The Kier molecular flexibility index (Phi) is 2.96. The summed E-state index contributed by atoms with van der Waals surface area (Å²) in [7, 11) is 3.21. The molecule has 0 saturated heterocycles. The van der Waals surface area contributed by atoms with Gasteiger partial charge in [0, 0.05) is 5.56 Å². The normalized spacial score (nSPS) is 10.1. The van der Waals surface area contributed by atoms with Crippen molar-refractivity contribution < 1.29 is 9.47 Å². The van der Waals surface area contributed by atoms with Gasteiger partial charge in [-0.05, 0) is 18.2 Å². The van der Waals surface area contributed by atoms with Gasteiger partial charge in [-0.3, -0.25) is 0 Å². The van der Waals surface area contributed by atoms with Gasteiger partial charge in [-0.1, -0.05) is 0 Å². The molecule has 0 aliphatic heterocycles. The zero-order valence-electron chi connectivity index (χ0n) is 9.06. The lowest BCUT2D eigenvalue weighted by Crippen LogP contribution is -1.92. The highest BCUT2D eigenvalue weighted by molar-refractivity contribution is 7.14. The summed E-state index contributed by atoms with van der Waals surface area (Å²) in [4.78, 5) is 4.21. The van der Waals surface area contributed by atoms with Crippen LogP contribution in [0.4, 0.5) is 5.00 Å². The molecule has 0 bridgehead atoms. The minimum Gasteiger partial charge on any atom is -0.493 e. The zero-order chi connectivity index (χ0) is 11.5. The molecule has 0 aliphatic carbocycles. The number of hydrogen-bond acceptors (Lipinski definition) is 5. The van der Waals surface area contributed by atoms with Crippen molar-refractivity contribution in [2.75, 3.05) is 20.0 Å². The number of thiazole rings is 1. The van der Waals surface area contributed by atoms with Crippen LogP contribution in [-0.2, 0) is 0 Å². The average Bonchev–Trinajstić information content (AvgIpc) is 2.74. The second-order valence-electron chi connectivity index (χ2n) is 3.13. The minimum absolute atomic E-state index is 0.674. The van der Waals surface area contributed by atoms with Crippen LogP contribution in [0.1, 0.15) is 0 Å². The van der Waals surface area contributed by atoms with Crippen LogP contribution < -0.4 is 15.2 Å². The van der Waals surface area contributed by atoms with E-state index in [1.165, 1.54) is 11.3 Å². The van der Waals surface area contributed by atoms with E-state index in [0.29, 0.717) is 16.5 Å². The highest BCUT2D eigenvalue weighted by atomic mass is 32.1. The highest BCUT2D eigenvalue weighted by Gasteiger charge is 2.09. The first-order valence-corrected chi connectivity index (χ1v) is 5.55. The summed E-state index contributed by atoms with van der Waals surface area (Å²) in [5.41, 5.74) is 9.25. The van der Waals surface area contributed by atoms with Gasteiger partial charge in [-0.25, -0.2) is 4.98 Å². The molecule has 0 saturated carbocycles. The standard InChI is InChI=1S/C11H12N2O2S/c1-14-8-4-3-7(5-9(8)15-2)10-11(12)16-6-13-10/h3-6H,12H2,1-2H3. The smallest absolute Gasteiger partial charge is 0.161 e. The van der Waals surface area contributed by atoms with Gasteiger partial charge in [-0.15, -0.1) is 11.3 Å². The van der Waals surface area contributed by atoms with E-state index in [4.69, 9.17) is 15.2 Å². The van der Waals surface area contributed by atoms with E-state index in [1.54, 1.807) is 19.7 Å². The van der Waals surface area contributed by atoms with Crippen molar-refractivity contribution in [3.63, 3.8) is 0 Å². The Morgan fingerprint density at radius 3 is 2.50 bits per heavy atom. The van der Waals surface area contributed by atoms with E-state index in [2.05, 4.69) is 4.98 Å². The number of ether oxygens (including phenoxy) is 2. The molecule has 1 aromatic heterocycles. The molecule has 0 aliphatic rings. The van der Waals surface area contributed by atoms with Crippen LogP contribution in [-0.4, -0.2) is 19.2 Å². The Bertz CT molecular complexity index is 496. The summed E-state index contributed by atoms with van der Waals surface area (Å²) < 4.78 is 10.4. The van der Waals surface area contributed by atoms with Crippen molar-refractivity contribution in [1.29, 1.82) is 0 Å². The van der Waals surface area contributed by atoms with Gasteiger partial charge in [0.25, 0.3) is 0 Å². The fourth-order valence-corrected chi connectivity index (χ4v) is 2.01. The van der Waals surface area contributed by atoms with Crippen molar-refractivity contribution in [3.05, 3.63) is 23.7 Å². The second kappa shape index (κ2) is 4.40. The molecule has 2 N–H and O–H groups in total. The van der Waals surface area contributed by atoms with E-state index in [9.17, 15) is 0 Å². The minimum atomic E-state index is 0.674. The first-order valence-electron chi connectivity index (χ1n) is 4.67. The third-order valence-electron chi connectivity index (χ3n) is 2.25. The number of aromatic nitrogens is 1. The van der Waals surface area contributed by atoms with Gasteiger partial charge in [0.15, 0.2) is 11.5 Å². The van der Waals surface area contributed by atoms with E-state index in [0.717, 1.165) is 11.3 Å². The van der Waals surface area contributed by atoms with E-state index >= 15 is 0 Å². The zero-order valence-corrected chi connectivity index (χ0v) is 9.88. The lowest BCUT2D eigenvalue weighted by molar-refractivity contribution is 0.355. The predicted molar refractivity (Wildman–Crippen MR) is 65.1 cm³/mol. The average molecular weight is 236 g/mol. The molecule has 16 heavy (non-hydrogen) atoms. The number of nitrogens with two attached hydrogens (primary N) is 1. The number of nitrogen functional groups attached to an aromatic ring is 1. The molecule has 84 valence electrons. The van der Waals surface area contributed by atoms with E-state index in [1.807, 2.05) is 18.2 Å². The Balaban J connectivity index is 2.48. The van der Waals surface area contributed by atoms with Crippen LogP contribution in [0.2, 0.25) is 0 Å². The maximum Gasteiger partial charge on any atom is 0.161 e. The van der Waals surface area contributed by atoms with Crippen molar-refractivity contribution in [3.8, 4) is 22.8 Å². The molecular formula is C11H12N2O2S. The molecule has 0 radical (unpaired) electrons. The van der Waals surface area contributed by atoms with Gasteiger partial charge < -0.3 is 15.2 Å². The summed E-state index contributed by atoms with van der Waals surface area (Å²) in [6.07, 6.45) is 0. The summed E-state index contributed by atoms with van der Waals surface area (Å²) in [5.74, 6) is 1.37. The molecule has 0 atom stereocenters. The second-order valence-corrected chi connectivity index (χ2v) is 4.02. The van der Waals surface area contributed by atoms with Gasteiger partial charge in [0.1, 0.15) is 10.7 Å². The summed E-state index contributed by atoms with van der Waals surface area (Å²) >= 11 is 1.42. The maximum atomic E-state index is 5.82. The van der Waals surface area contributed by atoms with Crippen molar-refractivity contribution in [2.45, 2.75) is 0 Å². The van der Waals surface area contributed by atoms with Crippen molar-refractivity contribution >= 4 is 16.3 Å². The number of anilines is 1. The predicted octanol–water partition coefficient (Wildman–Crippen LogP) is 2.41. The number of benzene rings is 1. The Hall–Kier alpha value is -1.75. The topological polar surface area (TPSA) is 57.4 Å². The number of methoxy groups -OCH3 is 2. The summed E-state index contributed by atoms with van der Waals surface area (Å²) in [6.45, 7) is 0. The van der Waals surface area contributed by atoms with Gasteiger partial charge in [0.05, 0.1) is 19.7 Å². The molecular weight excluding hydrogens is 224 g/mol. The van der Waals surface area contributed by atoms with Gasteiger partial charge in [-0.2, -0.15) is 0 Å². The molecule has 4 nitrogen and oxygen atoms in total. The van der Waals surface area contributed by atoms with Gasteiger partial charge >= 0.3 is 0 Å². The fraction of sp³-hybridized carbons (Fsp3) is 0.182. The van der Waals surface area contributed by atoms with Crippen LogP contribution in [0.15, 0.2) is 23.7 Å². The van der Waals surface area contributed by atoms with Crippen LogP contribution >= 0.6 is 11.3 Å². The van der Waals surface area contributed by atoms with Crippen LogP contribution in [0.5, 0.6) is 11.5 Å². The molecule has 5 heteroatoms. The molecule has 0 unspecified atom stereocenters. The van der Waals surface area contributed by atoms with Crippen LogP contribution in [0.3, 0.4) is 0 Å². The van der Waals surface area contributed by atoms with E-state index in [-0.39, 0.29) is 0 Å². The first-order chi connectivity index (χ1) is 7.76. The molecule has 0 spiro atoms. The Morgan fingerprint density at radius 1 is 1.19 bits per heavy atom. The molecule has 0 fully saturated rings. The van der Waals surface area contributed by atoms with Crippen molar-refractivity contribution in [2.24, 2.45) is 0 Å². The fourth-order valence-electron chi connectivity index (χ4n) is 1.46. The first kappa shape index (κ1) is 10.8. The Labute approximate surface area is 97.6 Å². The van der Waals surface area contributed by atoms with Crippen molar-refractivity contribution in [1.82, 2.24) is 4.98 Å². The van der Waals surface area contributed by atoms with Crippen LogP contribution in [0, 0.1) is 0 Å². The SMILES string of the molecule is COc1ccc(-c2ncsc2N)cc1OC. The van der Waals surface area contributed by atoms with Gasteiger partial charge in [0.2, 0.25) is 0 Å². The highest BCUT2D eigenvalue weighted by Crippen LogP contribution is 2.34.